The Morgan fingerprint density at radius 3 is 0.933 bits per heavy atom. The van der Waals surface area contributed by atoms with Crippen LogP contribution in [0.25, 0.3) is 32.7 Å². The van der Waals surface area contributed by atoms with Gasteiger partial charge in [-0.15, -0.1) is 0 Å². The fraction of sp³-hybridized carbons (Fsp3) is 0.526. The van der Waals surface area contributed by atoms with Gasteiger partial charge >= 0.3 is 54.1 Å². The topological polar surface area (TPSA) is 603 Å². The maximum atomic E-state index is 15.1. The lowest BCUT2D eigenvalue weighted by molar-refractivity contribution is -0.192. The molecule has 810 valence electrons. The zero-order valence-corrected chi connectivity index (χ0v) is 81.3. The first-order valence-electron chi connectivity index (χ1n) is 47.9. The van der Waals surface area contributed by atoms with Gasteiger partial charge in [-0.25, -0.2) is 45.5 Å². The number of carboxylic acid groups (broad SMARTS) is 5. The Balaban J connectivity index is 0.00000317. The van der Waals surface area contributed by atoms with E-state index in [0.717, 1.165) is 14.7 Å². The lowest BCUT2D eigenvalue weighted by atomic mass is 10.1. The van der Waals surface area contributed by atoms with Crippen LogP contribution in [0, 0.1) is 34.0 Å². The first-order chi connectivity index (χ1) is 71.3. The standard InChI is InChI=1S/C93H113F6N23O21.C2HF3O2/c94-91(95)46-61(49-100)120(58-91)78(124)52-109-84(133)67-15-21-103-73-10-7-64(43-70(67)73)141-40-4-1-18-106-88(138)117-34-32-116(77(123)14-13-76(87(136)137)115-30-28-113(56-82(129)130)26-24-112(55-81(127)128)25-27-114(29-31-115)57-83(131)132)33-35-118(89(139)107-19-2-5-41-142-65-8-11-74-71(44-65)68(16-22-104-74)85(134)110-53-79(125)121-59-92(96,97)47-62(121)50-101)37-39-119(38-36-117)90(140)108-20-3-6-42-143-66-9-12-75-72(45-66)69(17-23-105-75)86(135)111-54-80(126)122-60-93(98,99)48-63(122)51-102;3-2(4,5)1(6)7/h7-12,15-17,21-23,43-45,61-63,76H,1-6,13-14,18-20,24-42,46-48,52-60H2,(H,106,138)(H,107,139)(H,108,140)(H,109,133)(H,110,134)(H,111,135)(H,127,128)(H,129,130)(H,131,132)(H,136,137);(H,6,7)/t61-,62-,63-,76?;/m0./s1. The summed E-state index contributed by atoms with van der Waals surface area (Å²) < 4.78 is 135. The van der Waals surface area contributed by atoms with E-state index < -0.39 is 222 Å². The fourth-order valence-electron chi connectivity index (χ4n) is 17.1. The number of carbonyl (C=O) groups is 15. The van der Waals surface area contributed by atoms with Crippen molar-refractivity contribution >= 4 is 122 Å². The molecule has 5 aliphatic rings. The highest BCUT2D eigenvalue weighted by Crippen LogP contribution is 2.36. The number of carboxylic acids is 5. The summed E-state index contributed by atoms with van der Waals surface area (Å²) in [6.45, 7) is -7.89. The van der Waals surface area contributed by atoms with Crippen LogP contribution in [-0.2, 0) is 43.2 Å². The van der Waals surface area contributed by atoms with Gasteiger partial charge in [-0.3, -0.25) is 87.3 Å². The number of alkyl halides is 9. The highest BCUT2D eigenvalue weighted by atomic mass is 19.4. The van der Waals surface area contributed by atoms with Crippen LogP contribution >= 0.6 is 0 Å². The monoisotopic (exact) mass is 2120 g/mol. The van der Waals surface area contributed by atoms with Crippen LogP contribution in [0.5, 0.6) is 17.2 Å². The maximum absolute atomic E-state index is 15.1. The van der Waals surface area contributed by atoms with Crippen LogP contribution in [0.4, 0.5) is 53.9 Å². The number of amides is 13. The number of nitriles is 3. The molecule has 1 unspecified atom stereocenters. The van der Waals surface area contributed by atoms with Gasteiger partial charge in [0, 0.05) is 185 Å². The molecule has 8 heterocycles. The van der Waals surface area contributed by atoms with E-state index in [4.69, 9.17) is 24.1 Å². The van der Waals surface area contributed by atoms with Gasteiger partial charge in [0.05, 0.1) is 130 Å². The number of aliphatic carboxylic acids is 5. The van der Waals surface area contributed by atoms with Crippen molar-refractivity contribution < 1.29 is 151 Å². The molecule has 5 saturated heterocycles. The molecule has 6 aromatic rings. The molecule has 11 rings (SSSR count). The van der Waals surface area contributed by atoms with E-state index in [2.05, 4.69) is 46.9 Å². The minimum atomic E-state index is -5.08. The molecular formula is C95H114F9N23O23. The molecule has 0 radical (unpaired) electrons. The van der Waals surface area contributed by atoms with Crippen molar-refractivity contribution in [3.05, 3.63) is 108 Å². The predicted octanol–water partition coefficient (Wildman–Crippen LogP) is 3.90. The van der Waals surface area contributed by atoms with Crippen LogP contribution in [0.1, 0.15) is 102 Å². The Labute approximate surface area is 851 Å². The molecule has 46 nitrogen and oxygen atoms in total. The van der Waals surface area contributed by atoms with Gasteiger partial charge in [-0.1, -0.05) is 0 Å². The summed E-state index contributed by atoms with van der Waals surface area (Å²) in [5, 5.41) is 93.1. The molecule has 55 heteroatoms. The summed E-state index contributed by atoms with van der Waals surface area (Å²) in [5.41, 5.74) is 1.33. The molecule has 11 N–H and O–H groups in total. The summed E-state index contributed by atoms with van der Waals surface area (Å²) >= 11 is 0. The first kappa shape index (κ1) is 116. The average Bonchev–Trinajstić information content (AvgIpc) is 1.79. The van der Waals surface area contributed by atoms with Gasteiger partial charge in [0.1, 0.15) is 41.4 Å². The molecule has 5 aliphatic heterocycles. The third kappa shape index (κ3) is 35.3. The summed E-state index contributed by atoms with van der Waals surface area (Å²) in [5.74, 6) is -22.2. The average molecular weight is 2120 g/mol. The highest BCUT2D eigenvalue weighted by Gasteiger charge is 2.50. The summed E-state index contributed by atoms with van der Waals surface area (Å²) in [4.78, 5) is 224. The zero-order valence-electron chi connectivity index (χ0n) is 81.3. The van der Waals surface area contributed by atoms with Crippen LogP contribution in [0.2, 0.25) is 0 Å². The van der Waals surface area contributed by atoms with E-state index in [-0.39, 0.29) is 167 Å². The Hall–Kier alpha value is -15.6. The van der Waals surface area contributed by atoms with Gasteiger partial charge < -0.3 is 106 Å². The van der Waals surface area contributed by atoms with Gasteiger partial charge in [0.15, 0.2) is 0 Å². The normalized spacial score (nSPS) is 18.2. The van der Waals surface area contributed by atoms with Crippen molar-refractivity contribution in [1.82, 2.24) is 101 Å². The minimum absolute atomic E-state index is 0.0243. The quantitative estimate of drug-likeness (QED) is 0.0193. The van der Waals surface area contributed by atoms with Crippen molar-refractivity contribution in [2.24, 2.45) is 0 Å². The molecule has 150 heavy (non-hydrogen) atoms. The molecule has 0 spiro atoms. The molecule has 0 saturated carbocycles. The maximum Gasteiger partial charge on any atom is 0.490 e. The molecule has 4 atom stereocenters. The molecule has 0 bridgehead atoms. The number of fused-ring (bicyclic) bond motifs is 3. The molecule has 5 fully saturated rings. The summed E-state index contributed by atoms with van der Waals surface area (Å²) in [6.07, 6.45) is -2.40. The number of urea groups is 3. The molecular weight excluding hydrogens is 2000 g/mol. The van der Waals surface area contributed by atoms with Crippen molar-refractivity contribution in [1.29, 1.82) is 15.8 Å². The Morgan fingerprint density at radius 2 is 0.667 bits per heavy atom. The van der Waals surface area contributed by atoms with Gasteiger partial charge in [-0.2, -0.15) is 29.0 Å². The smallest absolute Gasteiger partial charge is 0.490 e. The summed E-state index contributed by atoms with van der Waals surface area (Å²) in [6, 6.07) is 16.0. The second-order valence-corrected chi connectivity index (χ2v) is 35.8. The Morgan fingerprint density at radius 1 is 0.387 bits per heavy atom. The number of unbranched alkanes of at least 4 members (excludes halogenated alkanes) is 3. The Bertz CT molecular complexity index is 5760. The SMILES string of the molecule is N#C[C@@H]1CC(F)(F)CN1C(=O)CNC(=O)c1ccnc2ccc(OCCCCNC(=O)N3CCN(C(=O)CCC(C(=O)O)N4CCN(CC(=O)O)CCN(CC(=O)O)CCN(CC(=O)O)CC4)CCN(C(=O)NCCCCOc4ccc5nccc(C(=O)NCC(=O)N6CC(F)(F)C[C@H]6C#N)c5c4)CCN(C(=O)NCCCCOc4ccc5nccc(C(=O)NCC(=O)N6CC(F)(F)C[C@H]6C#N)c5c4)CC3)cc12.O=C(O)C(F)(F)F. The molecule has 0 aliphatic carbocycles. The lowest BCUT2D eigenvalue weighted by Gasteiger charge is -2.36. The zero-order chi connectivity index (χ0) is 109. The summed E-state index contributed by atoms with van der Waals surface area (Å²) in [7, 11) is 0. The van der Waals surface area contributed by atoms with Gasteiger partial charge in [0.2, 0.25) is 23.6 Å². The lowest BCUT2D eigenvalue weighted by Crippen LogP contribution is -2.54. The van der Waals surface area contributed by atoms with Gasteiger partial charge in [0.25, 0.3) is 35.5 Å². The first-order valence-corrected chi connectivity index (χ1v) is 47.9. The second kappa shape index (κ2) is 54.9. The number of benzene rings is 3. The number of hydrogen-bond donors (Lipinski definition) is 11. The van der Waals surface area contributed by atoms with E-state index in [1.165, 1.54) is 76.0 Å². The highest BCUT2D eigenvalue weighted by molar-refractivity contribution is 6.09. The number of halogens is 9. The number of aromatic nitrogens is 3. The number of likely N-dealkylation sites (tertiary alicyclic amines) is 3. The molecule has 13 amide bonds. The number of pyridine rings is 3. The van der Waals surface area contributed by atoms with Crippen LogP contribution in [0.3, 0.4) is 0 Å². The third-order valence-corrected chi connectivity index (χ3v) is 25.0. The number of rotatable bonds is 38. The number of hydrogen-bond acceptors (Lipinski definition) is 28. The van der Waals surface area contributed by atoms with Crippen molar-refractivity contribution in [2.75, 3.05) is 203 Å². The molecule has 3 aromatic heterocycles. The molecule has 3 aromatic carbocycles. The second-order valence-electron chi connectivity index (χ2n) is 35.8. The number of nitrogens with one attached hydrogen (secondary N) is 6. The van der Waals surface area contributed by atoms with Crippen LogP contribution < -0.4 is 46.1 Å². The Kier molecular flexibility index (Phi) is 42.6. The fourth-order valence-corrected chi connectivity index (χ4v) is 17.1. The van der Waals surface area contributed by atoms with Crippen LogP contribution in [0.15, 0.2) is 91.4 Å². The van der Waals surface area contributed by atoms with E-state index in [1.54, 1.807) is 72.8 Å². The third-order valence-electron chi connectivity index (χ3n) is 25.0. The van der Waals surface area contributed by atoms with Crippen LogP contribution in [-0.4, -0.2) is 435 Å². The minimum Gasteiger partial charge on any atom is -0.494 e. The number of nitrogens with zero attached hydrogens (tertiary/aromatic N) is 17. The number of ether oxygens (including phenoxy) is 3. The van der Waals surface area contributed by atoms with Crippen molar-refractivity contribution in [2.45, 2.75) is 119 Å². The van der Waals surface area contributed by atoms with E-state index in [9.17, 15) is 138 Å². The number of carbonyl (C=O) groups excluding carboxylic acids is 10. The van der Waals surface area contributed by atoms with Crippen molar-refractivity contribution in [3.63, 3.8) is 0 Å². The van der Waals surface area contributed by atoms with Gasteiger partial charge in [-0.05, 0) is 118 Å². The van der Waals surface area contributed by atoms with Crippen molar-refractivity contribution in [3.8, 4) is 35.5 Å². The largest absolute Gasteiger partial charge is 0.494 e. The van der Waals surface area contributed by atoms with E-state index in [0.29, 0.717) is 88.5 Å². The van der Waals surface area contributed by atoms with E-state index >= 15 is 4.79 Å². The van der Waals surface area contributed by atoms with E-state index in [1.807, 2.05) is 0 Å². The predicted molar refractivity (Wildman–Crippen MR) is 508 cm³/mol.